The van der Waals surface area contributed by atoms with Crippen LogP contribution >= 0.6 is 0 Å². The summed E-state index contributed by atoms with van der Waals surface area (Å²) in [4.78, 5) is 16.0. The zero-order chi connectivity index (χ0) is 14.8. The van der Waals surface area contributed by atoms with Gasteiger partial charge in [0.05, 0.1) is 0 Å². The lowest BCUT2D eigenvalue weighted by Gasteiger charge is -2.16. The van der Waals surface area contributed by atoms with E-state index >= 15 is 0 Å². The van der Waals surface area contributed by atoms with Gasteiger partial charge >= 0.3 is 0 Å². The molecule has 0 radical (unpaired) electrons. The van der Waals surface area contributed by atoms with Crippen molar-refractivity contribution in [2.24, 2.45) is 5.73 Å². The molecule has 5 nitrogen and oxygen atoms in total. The van der Waals surface area contributed by atoms with Crippen LogP contribution in [0, 0.1) is 6.92 Å². The number of hydrogen-bond donors (Lipinski definition) is 2. The summed E-state index contributed by atoms with van der Waals surface area (Å²) in [6.07, 6.45) is 2.19. The van der Waals surface area contributed by atoms with E-state index in [1.807, 2.05) is 37.3 Å². The van der Waals surface area contributed by atoms with Gasteiger partial charge in [-0.2, -0.15) is 0 Å². The molecule has 1 aliphatic rings. The molecule has 1 fully saturated rings. The Balaban J connectivity index is 1.77. The molecule has 3 N–H and O–H groups in total. The number of carbonyl (C=O) groups excluding carboxylic acids is 1. The average Bonchev–Trinajstić information content (AvgIpc) is 3.27. The van der Waals surface area contributed by atoms with Crippen molar-refractivity contribution in [3.05, 3.63) is 36.0 Å². The summed E-state index contributed by atoms with van der Waals surface area (Å²) in [6, 6.07) is 9.69. The van der Waals surface area contributed by atoms with Gasteiger partial charge in [-0.15, -0.1) is 0 Å². The molecule has 3 rings (SSSR count). The highest BCUT2D eigenvalue weighted by atomic mass is 16.5. The van der Waals surface area contributed by atoms with E-state index in [0.717, 1.165) is 29.4 Å². The van der Waals surface area contributed by atoms with Gasteiger partial charge in [-0.05, 0) is 31.9 Å². The standard InChI is InChI=1S/C16H19N3O2/c1-10-5-6-11-3-2-4-14(15(11)18-10)21-9-13(16(17)20)19-12-7-8-12/h2-6,12-13,19H,7-9H2,1H3,(H2,17,20). The largest absolute Gasteiger partial charge is 0.489 e. The normalized spacial score (nSPS) is 15.9. The van der Waals surface area contributed by atoms with E-state index in [1.165, 1.54) is 0 Å². The van der Waals surface area contributed by atoms with Crippen LogP contribution < -0.4 is 15.8 Å². The Morgan fingerprint density at radius 1 is 1.43 bits per heavy atom. The number of pyridine rings is 1. The molecule has 1 atom stereocenters. The maximum atomic E-state index is 11.5. The van der Waals surface area contributed by atoms with E-state index in [9.17, 15) is 4.79 Å². The van der Waals surface area contributed by atoms with Gasteiger partial charge in [-0.25, -0.2) is 4.98 Å². The van der Waals surface area contributed by atoms with Crippen LogP contribution in [0.15, 0.2) is 30.3 Å². The number of hydrogen-bond acceptors (Lipinski definition) is 4. The number of carbonyl (C=O) groups is 1. The number of rotatable bonds is 6. The molecule has 21 heavy (non-hydrogen) atoms. The van der Waals surface area contributed by atoms with Crippen LogP contribution in [0.25, 0.3) is 10.9 Å². The molecule has 0 saturated heterocycles. The van der Waals surface area contributed by atoms with E-state index in [0.29, 0.717) is 11.8 Å². The molecule has 1 heterocycles. The van der Waals surface area contributed by atoms with Gasteiger partial charge in [0.2, 0.25) is 5.91 Å². The summed E-state index contributed by atoms with van der Waals surface area (Å²) in [5.41, 5.74) is 7.16. The number of nitrogens with two attached hydrogens (primary N) is 1. The smallest absolute Gasteiger partial charge is 0.238 e. The summed E-state index contributed by atoms with van der Waals surface area (Å²) < 4.78 is 5.80. The Kier molecular flexibility index (Phi) is 3.75. The predicted molar refractivity (Wildman–Crippen MR) is 81.1 cm³/mol. The minimum atomic E-state index is -0.461. The molecule has 1 aromatic carbocycles. The minimum Gasteiger partial charge on any atom is -0.489 e. The van der Waals surface area contributed by atoms with Crippen molar-refractivity contribution in [3.8, 4) is 5.75 Å². The number of nitrogens with one attached hydrogen (secondary N) is 1. The Morgan fingerprint density at radius 2 is 2.24 bits per heavy atom. The van der Waals surface area contributed by atoms with Crippen molar-refractivity contribution in [1.29, 1.82) is 0 Å². The molecule has 2 aromatic rings. The molecule has 1 aromatic heterocycles. The van der Waals surface area contributed by atoms with E-state index in [1.54, 1.807) is 0 Å². The summed E-state index contributed by atoms with van der Waals surface area (Å²) >= 11 is 0. The first-order valence-corrected chi connectivity index (χ1v) is 7.18. The van der Waals surface area contributed by atoms with Crippen molar-refractivity contribution in [2.75, 3.05) is 6.61 Å². The van der Waals surface area contributed by atoms with Crippen LogP contribution in [0.2, 0.25) is 0 Å². The Hall–Kier alpha value is -2.14. The van der Waals surface area contributed by atoms with Crippen molar-refractivity contribution >= 4 is 16.8 Å². The summed E-state index contributed by atoms with van der Waals surface area (Å²) in [6.45, 7) is 2.16. The Labute approximate surface area is 123 Å². The number of aromatic nitrogens is 1. The monoisotopic (exact) mass is 285 g/mol. The first-order valence-electron chi connectivity index (χ1n) is 7.18. The predicted octanol–water partition coefficient (Wildman–Crippen LogP) is 1.53. The van der Waals surface area contributed by atoms with Crippen LogP contribution in [0.4, 0.5) is 0 Å². The third-order valence-corrected chi connectivity index (χ3v) is 3.59. The highest BCUT2D eigenvalue weighted by Gasteiger charge is 2.27. The molecule has 1 aliphatic carbocycles. The second kappa shape index (κ2) is 5.69. The lowest BCUT2D eigenvalue weighted by Crippen LogP contribution is -2.46. The number of amides is 1. The van der Waals surface area contributed by atoms with Crippen molar-refractivity contribution in [2.45, 2.75) is 31.8 Å². The lowest BCUT2D eigenvalue weighted by atomic mass is 10.2. The average molecular weight is 285 g/mol. The van der Waals surface area contributed by atoms with Gasteiger partial charge in [0, 0.05) is 17.1 Å². The molecule has 0 aliphatic heterocycles. The fraction of sp³-hybridized carbons (Fsp3) is 0.375. The molecule has 110 valence electrons. The van der Waals surface area contributed by atoms with Crippen molar-refractivity contribution in [1.82, 2.24) is 10.3 Å². The minimum absolute atomic E-state index is 0.223. The van der Waals surface area contributed by atoms with E-state index in [4.69, 9.17) is 10.5 Å². The highest BCUT2D eigenvalue weighted by Crippen LogP contribution is 2.24. The number of para-hydroxylation sites is 1. The Bertz CT molecular complexity index is 668. The molecule has 0 spiro atoms. The second-order valence-corrected chi connectivity index (χ2v) is 5.49. The van der Waals surface area contributed by atoms with Gasteiger partial charge < -0.3 is 15.8 Å². The fourth-order valence-electron chi connectivity index (χ4n) is 2.25. The second-order valence-electron chi connectivity index (χ2n) is 5.49. The molecule has 5 heteroatoms. The van der Waals surface area contributed by atoms with E-state index in [-0.39, 0.29) is 12.5 Å². The number of ether oxygens (including phenoxy) is 1. The van der Waals surface area contributed by atoms with Crippen LogP contribution in [0.1, 0.15) is 18.5 Å². The van der Waals surface area contributed by atoms with Crippen molar-refractivity contribution in [3.63, 3.8) is 0 Å². The van der Waals surface area contributed by atoms with Gasteiger partial charge in [-0.3, -0.25) is 4.79 Å². The summed E-state index contributed by atoms with van der Waals surface area (Å²) in [7, 11) is 0. The number of fused-ring (bicyclic) bond motifs is 1. The summed E-state index contributed by atoms with van der Waals surface area (Å²) in [5.74, 6) is 0.298. The number of benzene rings is 1. The maximum absolute atomic E-state index is 11.5. The van der Waals surface area contributed by atoms with Crippen LogP contribution in [0.5, 0.6) is 5.75 Å². The zero-order valence-electron chi connectivity index (χ0n) is 12.0. The van der Waals surface area contributed by atoms with E-state index in [2.05, 4.69) is 10.3 Å². The molecule has 0 bridgehead atoms. The zero-order valence-corrected chi connectivity index (χ0v) is 12.0. The number of aryl methyl sites for hydroxylation is 1. The first-order chi connectivity index (χ1) is 10.1. The third-order valence-electron chi connectivity index (χ3n) is 3.59. The van der Waals surface area contributed by atoms with Crippen LogP contribution in [-0.4, -0.2) is 29.6 Å². The lowest BCUT2D eigenvalue weighted by molar-refractivity contribution is -0.120. The van der Waals surface area contributed by atoms with E-state index < -0.39 is 6.04 Å². The maximum Gasteiger partial charge on any atom is 0.238 e. The first kappa shape index (κ1) is 13.8. The van der Waals surface area contributed by atoms with Crippen molar-refractivity contribution < 1.29 is 9.53 Å². The van der Waals surface area contributed by atoms with Gasteiger partial charge in [0.25, 0.3) is 0 Å². The molecule has 1 unspecified atom stereocenters. The SMILES string of the molecule is Cc1ccc2cccc(OCC(NC3CC3)C(N)=O)c2n1. The highest BCUT2D eigenvalue weighted by molar-refractivity contribution is 5.84. The topological polar surface area (TPSA) is 77.2 Å². The van der Waals surface area contributed by atoms with Gasteiger partial charge in [0.15, 0.2) is 0 Å². The van der Waals surface area contributed by atoms with Gasteiger partial charge in [-0.1, -0.05) is 18.2 Å². The Morgan fingerprint density at radius 3 is 2.95 bits per heavy atom. The fourth-order valence-corrected chi connectivity index (χ4v) is 2.25. The van der Waals surface area contributed by atoms with Gasteiger partial charge in [0.1, 0.15) is 23.9 Å². The third kappa shape index (κ3) is 3.31. The quantitative estimate of drug-likeness (QED) is 0.843. The number of nitrogens with zero attached hydrogens (tertiary/aromatic N) is 1. The molecule has 1 amide bonds. The number of primary amides is 1. The molecule has 1 saturated carbocycles. The summed E-state index contributed by atoms with van der Waals surface area (Å²) in [5, 5.41) is 4.22. The van der Waals surface area contributed by atoms with Crippen LogP contribution in [0.3, 0.4) is 0 Å². The molecular weight excluding hydrogens is 266 g/mol. The molecular formula is C16H19N3O2. The van der Waals surface area contributed by atoms with Crippen LogP contribution in [-0.2, 0) is 4.79 Å².